The molecule has 3 rings (SSSR count). The van der Waals surface area contributed by atoms with E-state index in [1.54, 1.807) is 0 Å². The normalized spacial score (nSPS) is 11.0. The molecule has 130 valence electrons. The average Bonchev–Trinajstić information content (AvgIpc) is 2.82. The van der Waals surface area contributed by atoms with Gasteiger partial charge in [0, 0.05) is 12.7 Å². The van der Waals surface area contributed by atoms with Crippen molar-refractivity contribution in [2.24, 2.45) is 7.05 Å². The molecular formula is C16H17N5O4. The van der Waals surface area contributed by atoms with Gasteiger partial charge in [0.05, 0.1) is 0 Å². The van der Waals surface area contributed by atoms with Gasteiger partial charge in [0.2, 0.25) is 5.95 Å². The number of H-pyrrole nitrogens is 1. The van der Waals surface area contributed by atoms with Crippen molar-refractivity contribution in [2.75, 3.05) is 5.32 Å². The van der Waals surface area contributed by atoms with E-state index >= 15 is 0 Å². The first-order valence-corrected chi connectivity index (χ1v) is 7.53. The summed E-state index contributed by atoms with van der Waals surface area (Å²) in [6, 6.07) is 5.75. The van der Waals surface area contributed by atoms with Crippen LogP contribution in [0.5, 0.6) is 0 Å². The van der Waals surface area contributed by atoms with E-state index in [1.165, 1.54) is 16.2 Å². The minimum atomic E-state index is -1.13. The molecule has 0 spiro atoms. The van der Waals surface area contributed by atoms with Crippen LogP contribution in [-0.4, -0.2) is 30.2 Å². The van der Waals surface area contributed by atoms with Crippen LogP contribution >= 0.6 is 0 Å². The predicted octanol–water partition coefficient (Wildman–Crippen LogP) is 0.868. The quantitative estimate of drug-likeness (QED) is 0.646. The summed E-state index contributed by atoms with van der Waals surface area (Å²) in [5.74, 6) is -0.954. The maximum atomic E-state index is 12.2. The summed E-state index contributed by atoms with van der Waals surface area (Å²) in [6.07, 6.45) is 0. The van der Waals surface area contributed by atoms with Gasteiger partial charge < -0.3 is 10.4 Å². The Kier molecular flexibility index (Phi) is 3.91. The van der Waals surface area contributed by atoms with Crippen LogP contribution in [-0.2, 0) is 18.4 Å². The molecule has 0 unspecified atom stereocenters. The number of nitrogens with one attached hydrogen (secondary N) is 2. The number of aliphatic carboxylic acids is 1. The van der Waals surface area contributed by atoms with Crippen molar-refractivity contribution in [2.45, 2.75) is 20.4 Å². The lowest BCUT2D eigenvalue weighted by Crippen LogP contribution is -2.29. The smallest absolute Gasteiger partial charge is 0.329 e. The summed E-state index contributed by atoms with van der Waals surface area (Å²) in [5, 5.41) is 12.2. The number of fused-ring (bicyclic) bond motifs is 1. The zero-order chi connectivity index (χ0) is 18.3. The van der Waals surface area contributed by atoms with Gasteiger partial charge in [-0.3, -0.25) is 23.7 Å². The van der Waals surface area contributed by atoms with Crippen LogP contribution in [0.15, 0.2) is 27.8 Å². The van der Waals surface area contributed by atoms with Gasteiger partial charge in [-0.25, -0.2) is 4.79 Å². The molecule has 0 amide bonds. The van der Waals surface area contributed by atoms with Gasteiger partial charge in [-0.2, -0.15) is 4.98 Å². The Hall–Kier alpha value is -3.36. The van der Waals surface area contributed by atoms with Crippen molar-refractivity contribution in [3.63, 3.8) is 0 Å². The molecule has 3 N–H and O–H groups in total. The first kappa shape index (κ1) is 16.5. The first-order valence-electron chi connectivity index (χ1n) is 7.53. The number of carbonyl (C=O) groups is 1. The summed E-state index contributed by atoms with van der Waals surface area (Å²) in [5.41, 5.74) is 1.59. The van der Waals surface area contributed by atoms with Gasteiger partial charge in [-0.05, 0) is 37.1 Å². The Bertz CT molecular complexity index is 1090. The second kappa shape index (κ2) is 5.93. The molecule has 0 aliphatic carbocycles. The van der Waals surface area contributed by atoms with E-state index in [0.29, 0.717) is 5.69 Å². The van der Waals surface area contributed by atoms with Crippen molar-refractivity contribution in [1.82, 2.24) is 19.1 Å². The van der Waals surface area contributed by atoms with E-state index in [9.17, 15) is 19.5 Å². The highest BCUT2D eigenvalue weighted by atomic mass is 16.4. The summed E-state index contributed by atoms with van der Waals surface area (Å²) in [6.45, 7) is 3.41. The Morgan fingerprint density at radius 3 is 2.48 bits per heavy atom. The molecule has 0 atom stereocenters. The van der Waals surface area contributed by atoms with Gasteiger partial charge in [-0.15, -0.1) is 0 Å². The van der Waals surface area contributed by atoms with Crippen LogP contribution in [0, 0.1) is 13.8 Å². The number of nitrogens with zero attached hydrogens (tertiary/aromatic N) is 3. The largest absolute Gasteiger partial charge is 0.480 e. The van der Waals surface area contributed by atoms with Crippen molar-refractivity contribution in [1.29, 1.82) is 0 Å². The number of carboxylic acids is 1. The highest BCUT2D eigenvalue weighted by molar-refractivity contribution is 5.79. The molecule has 9 heteroatoms. The Morgan fingerprint density at radius 2 is 1.88 bits per heavy atom. The topological polar surface area (TPSA) is 122 Å². The van der Waals surface area contributed by atoms with E-state index in [2.05, 4.69) is 15.3 Å². The second-order valence-corrected chi connectivity index (χ2v) is 5.91. The molecule has 0 bridgehead atoms. The van der Waals surface area contributed by atoms with Crippen LogP contribution in [0.2, 0.25) is 0 Å². The number of hydrogen-bond acceptors (Lipinski definition) is 5. The monoisotopic (exact) mass is 343 g/mol. The minimum absolute atomic E-state index is 0.0244. The average molecular weight is 343 g/mol. The minimum Gasteiger partial charge on any atom is -0.480 e. The van der Waals surface area contributed by atoms with Crippen molar-refractivity contribution >= 4 is 28.8 Å². The summed E-state index contributed by atoms with van der Waals surface area (Å²) < 4.78 is 2.41. The number of rotatable bonds is 4. The van der Waals surface area contributed by atoms with Crippen LogP contribution in [0.1, 0.15) is 11.1 Å². The maximum absolute atomic E-state index is 12.2. The lowest BCUT2D eigenvalue weighted by Gasteiger charge is -2.10. The SMILES string of the molecule is Cc1cc(C)cc(Nc2nc3c(c(=O)[nH]c(=O)n3C)n2CC(=O)O)c1. The molecule has 1 aromatic carbocycles. The van der Waals surface area contributed by atoms with E-state index < -0.39 is 23.8 Å². The molecule has 0 radical (unpaired) electrons. The molecule has 9 nitrogen and oxygen atoms in total. The first-order chi connectivity index (χ1) is 11.8. The van der Waals surface area contributed by atoms with Gasteiger partial charge in [0.25, 0.3) is 5.56 Å². The molecule has 0 aliphatic rings. The summed E-state index contributed by atoms with van der Waals surface area (Å²) in [4.78, 5) is 41.6. The van der Waals surface area contributed by atoms with Crippen molar-refractivity contribution in [3.05, 3.63) is 50.2 Å². The molecule has 3 aromatic rings. The van der Waals surface area contributed by atoms with Gasteiger partial charge in [0.1, 0.15) is 6.54 Å². The Balaban J connectivity index is 2.24. The molecule has 0 saturated carbocycles. The third kappa shape index (κ3) is 3.03. The van der Waals surface area contributed by atoms with Crippen LogP contribution < -0.4 is 16.6 Å². The third-order valence-corrected chi connectivity index (χ3v) is 3.78. The van der Waals surface area contributed by atoms with E-state index in [1.807, 2.05) is 32.0 Å². The van der Waals surface area contributed by atoms with E-state index in [4.69, 9.17) is 0 Å². The number of imidazole rings is 1. The zero-order valence-electron chi connectivity index (χ0n) is 14.0. The van der Waals surface area contributed by atoms with Crippen LogP contribution in [0.3, 0.4) is 0 Å². The lowest BCUT2D eigenvalue weighted by molar-refractivity contribution is -0.137. The van der Waals surface area contributed by atoms with Gasteiger partial charge >= 0.3 is 11.7 Å². The molecule has 25 heavy (non-hydrogen) atoms. The van der Waals surface area contributed by atoms with Crippen LogP contribution in [0.4, 0.5) is 11.6 Å². The number of anilines is 2. The maximum Gasteiger partial charge on any atom is 0.329 e. The van der Waals surface area contributed by atoms with Crippen LogP contribution in [0.25, 0.3) is 11.2 Å². The van der Waals surface area contributed by atoms with E-state index in [0.717, 1.165) is 11.1 Å². The second-order valence-electron chi connectivity index (χ2n) is 5.91. The number of aromatic amines is 1. The molecule has 0 aliphatic heterocycles. The zero-order valence-corrected chi connectivity index (χ0v) is 14.0. The van der Waals surface area contributed by atoms with E-state index in [-0.39, 0.29) is 17.1 Å². The third-order valence-electron chi connectivity index (χ3n) is 3.78. The fourth-order valence-corrected chi connectivity index (χ4v) is 2.80. The number of benzene rings is 1. The lowest BCUT2D eigenvalue weighted by atomic mass is 10.1. The van der Waals surface area contributed by atoms with Crippen molar-refractivity contribution < 1.29 is 9.90 Å². The number of carboxylic acid groups (broad SMARTS) is 1. The number of aryl methyl sites for hydroxylation is 3. The highest BCUT2D eigenvalue weighted by Crippen LogP contribution is 2.22. The fraction of sp³-hybridized carbons (Fsp3) is 0.250. The predicted molar refractivity (Wildman–Crippen MR) is 92.4 cm³/mol. The molecule has 0 saturated heterocycles. The molecule has 0 fully saturated rings. The highest BCUT2D eigenvalue weighted by Gasteiger charge is 2.19. The number of aromatic nitrogens is 4. The molecule has 2 heterocycles. The Morgan fingerprint density at radius 1 is 1.24 bits per heavy atom. The summed E-state index contributed by atoms with van der Waals surface area (Å²) in [7, 11) is 1.46. The van der Waals surface area contributed by atoms with Gasteiger partial charge in [0.15, 0.2) is 11.2 Å². The van der Waals surface area contributed by atoms with Crippen molar-refractivity contribution in [3.8, 4) is 0 Å². The Labute approximate surface area is 141 Å². The fourth-order valence-electron chi connectivity index (χ4n) is 2.80. The van der Waals surface area contributed by atoms with Gasteiger partial charge in [-0.1, -0.05) is 6.07 Å². The summed E-state index contributed by atoms with van der Waals surface area (Å²) >= 11 is 0. The molecular weight excluding hydrogens is 326 g/mol. The molecule has 2 aromatic heterocycles. The standard InChI is InChI=1S/C16H17N5O4/c1-8-4-9(2)6-10(5-8)17-15-18-13-12(21(15)7-11(22)23)14(24)19-16(25)20(13)3/h4-6H,7H2,1-3H3,(H,17,18)(H,22,23)(H,19,24,25). The number of hydrogen-bond donors (Lipinski definition) is 3.